The molecule has 8 heteroatoms. The number of Topliss-reactive ketones (excluding diaryl/α,β-unsaturated/α-hetero) is 1. The lowest BCUT2D eigenvalue weighted by Gasteiger charge is -2.11. The van der Waals surface area contributed by atoms with Gasteiger partial charge >= 0.3 is 0 Å². The third-order valence-electron chi connectivity index (χ3n) is 3.49. The Kier molecular flexibility index (Phi) is 5.10. The number of ketones is 1. The van der Waals surface area contributed by atoms with E-state index in [-0.39, 0.29) is 15.4 Å². The van der Waals surface area contributed by atoms with E-state index >= 15 is 0 Å². The van der Waals surface area contributed by atoms with Gasteiger partial charge in [0.15, 0.2) is 0 Å². The minimum Gasteiger partial charge on any atom is -0.369 e. The van der Waals surface area contributed by atoms with Gasteiger partial charge in [0.1, 0.15) is 16.5 Å². The maximum absolute atomic E-state index is 13.1. The molecule has 0 aromatic heterocycles. The van der Waals surface area contributed by atoms with E-state index < -0.39 is 20.5 Å². The molecule has 0 spiro atoms. The van der Waals surface area contributed by atoms with Gasteiger partial charge in [0.2, 0.25) is 14.7 Å². The molecule has 0 unspecified atom stereocenters. The molecule has 1 fully saturated rings. The van der Waals surface area contributed by atoms with E-state index in [1.165, 1.54) is 36.4 Å². The van der Waals surface area contributed by atoms with Gasteiger partial charge in [-0.05, 0) is 36.4 Å². The highest BCUT2D eigenvalue weighted by molar-refractivity contribution is 8.73. The van der Waals surface area contributed by atoms with E-state index in [4.69, 9.17) is 0 Å². The molecule has 0 atom stereocenters. The molecule has 1 aliphatic heterocycles. The molecule has 1 saturated heterocycles. The van der Waals surface area contributed by atoms with Crippen LogP contribution in [0.15, 0.2) is 70.2 Å². The van der Waals surface area contributed by atoms with Crippen molar-refractivity contribution in [3.63, 3.8) is 0 Å². The van der Waals surface area contributed by atoms with E-state index in [9.17, 15) is 17.6 Å². The summed E-state index contributed by atoms with van der Waals surface area (Å²) < 4.78 is 38.4. The summed E-state index contributed by atoms with van der Waals surface area (Å²) in [4.78, 5) is 13.0. The van der Waals surface area contributed by atoms with Crippen molar-refractivity contribution in [1.29, 1.82) is 0 Å². The standard InChI is InChI=1S/C17H15FN2O3S2/c18-13-8-6-12(7-9-13)15(21)16(17-19-10-11-20-17)24-25(22,23)14-4-2-1-3-5-14/h1-9,19-20H,10-11H2. The molecule has 2 aromatic carbocycles. The number of carbonyl (C=O) groups is 1. The van der Waals surface area contributed by atoms with Crippen LogP contribution in [-0.4, -0.2) is 27.3 Å². The molecule has 0 amide bonds. The minimum atomic E-state index is -3.77. The molecular formula is C17H15FN2O3S2. The number of hydrogen-bond acceptors (Lipinski definition) is 6. The number of hydrogen-bond donors (Lipinski definition) is 2. The number of halogens is 1. The lowest BCUT2D eigenvalue weighted by Crippen LogP contribution is -2.18. The van der Waals surface area contributed by atoms with Crippen LogP contribution in [0, 0.1) is 5.82 Å². The molecule has 0 bridgehead atoms. The topological polar surface area (TPSA) is 75.3 Å². The fraction of sp³-hybridized carbons (Fsp3) is 0.118. The first-order valence-electron chi connectivity index (χ1n) is 7.49. The van der Waals surface area contributed by atoms with Crippen molar-refractivity contribution in [3.8, 4) is 0 Å². The van der Waals surface area contributed by atoms with Gasteiger partial charge < -0.3 is 10.6 Å². The molecule has 5 nitrogen and oxygen atoms in total. The Hall–Kier alpha value is -2.32. The van der Waals surface area contributed by atoms with Gasteiger partial charge in [0.05, 0.1) is 4.90 Å². The second-order valence-electron chi connectivity index (χ2n) is 5.24. The molecule has 1 aliphatic rings. The van der Waals surface area contributed by atoms with Crippen LogP contribution in [0.2, 0.25) is 0 Å². The van der Waals surface area contributed by atoms with Crippen LogP contribution in [0.25, 0.3) is 0 Å². The quantitative estimate of drug-likeness (QED) is 0.473. The monoisotopic (exact) mass is 378 g/mol. The van der Waals surface area contributed by atoms with Gasteiger partial charge in [0, 0.05) is 29.4 Å². The summed E-state index contributed by atoms with van der Waals surface area (Å²) in [5, 5.41) is 5.96. The highest BCUT2D eigenvalue weighted by atomic mass is 33.1. The number of allylic oxidation sites excluding steroid dienone is 1. The summed E-state index contributed by atoms with van der Waals surface area (Å²) in [6.45, 7) is 1.17. The van der Waals surface area contributed by atoms with Gasteiger partial charge in [-0.25, -0.2) is 12.8 Å². The average Bonchev–Trinajstić information content (AvgIpc) is 3.15. The Morgan fingerprint density at radius 2 is 1.56 bits per heavy atom. The molecule has 130 valence electrons. The number of carbonyl (C=O) groups excluding carboxylic acids is 1. The third-order valence-corrected chi connectivity index (χ3v) is 6.85. The molecule has 2 aromatic rings. The summed E-state index contributed by atoms with van der Waals surface area (Å²) in [5.74, 6) is -0.576. The van der Waals surface area contributed by atoms with Crippen LogP contribution in [0.3, 0.4) is 0 Å². The van der Waals surface area contributed by atoms with Gasteiger partial charge in [-0.15, -0.1) is 0 Å². The highest BCUT2D eigenvalue weighted by Gasteiger charge is 2.27. The zero-order valence-electron chi connectivity index (χ0n) is 13.0. The first kappa shape index (κ1) is 17.5. The Bertz CT molecular complexity index is 903. The highest BCUT2D eigenvalue weighted by Crippen LogP contribution is 2.33. The summed E-state index contributed by atoms with van der Waals surface area (Å²) in [5.41, 5.74) is 0.218. The predicted octanol–water partition coefficient (Wildman–Crippen LogP) is 2.49. The number of rotatable bonds is 5. The smallest absolute Gasteiger partial charge is 0.234 e. The Morgan fingerprint density at radius 1 is 0.960 bits per heavy atom. The summed E-state index contributed by atoms with van der Waals surface area (Å²) in [6, 6.07) is 12.9. The van der Waals surface area contributed by atoms with Crippen LogP contribution in [0.4, 0.5) is 4.39 Å². The molecule has 2 N–H and O–H groups in total. The SMILES string of the molecule is O=C(C(SS(=O)(=O)c1ccccc1)=C1NCCN1)c1ccc(F)cc1. The van der Waals surface area contributed by atoms with E-state index in [0.717, 1.165) is 0 Å². The first-order chi connectivity index (χ1) is 12.0. The fourth-order valence-corrected chi connectivity index (χ4v) is 5.25. The maximum Gasteiger partial charge on any atom is 0.234 e. The normalized spacial score (nSPS) is 13.9. The lowest BCUT2D eigenvalue weighted by molar-refractivity contribution is 0.104. The van der Waals surface area contributed by atoms with Crippen molar-refractivity contribution < 1.29 is 17.6 Å². The predicted molar refractivity (Wildman–Crippen MR) is 95.0 cm³/mol. The molecular weight excluding hydrogens is 363 g/mol. The van der Waals surface area contributed by atoms with Crippen LogP contribution >= 0.6 is 10.8 Å². The van der Waals surface area contributed by atoms with E-state index in [0.29, 0.717) is 29.7 Å². The van der Waals surface area contributed by atoms with Crippen molar-refractivity contribution in [2.75, 3.05) is 13.1 Å². The fourth-order valence-electron chi connectivity index (χ4n) is 2.27. The largest absolute Gasteiger partial charge is 0.369 e. The summed E-state index contributed by atoms with van der Waals surface area (Å²) >= 11 is 0. The van der Waals surface area contributed by atoms with Crippen LogP contribution in [0.1, 0.15) is 10.4 Å². The van der Waals surface area contributed by atoms with Crippen molar-refractivity contribution in [2.24, 2.45) is 0 Å². The molecule has 25 heavy (non-hydrogen) atoms. The van der Waals surface area contributed by atoms with Crippen LogP contribution < -0.4 is 10.6 Å². The van der Waals surface area contributed by atoms with Crippen molar-refractivity contribution in [2.45, 2.75) is 4.90 Å². The number of nitrogens with one attached hydrogen (secondary N) is 2. The first-order valence-corrected chi connectivity index (χ1v) is 10.3. The zero-order valence-corrected chi connectivity index (χ0v) is 14.7. The van der Waals surface area contributed by atoms with E-state index in [2.05, 4.69) is 10.6 Å². The Morgan fingerprint density at radius 3 is 2.16 bits per heavy atom. The minimum absolute atomic E-state index is 0.0351. The van der Waals surface area contributed by atoms with Gasteiger partial charge in [-0.2, -0.15) is 0 Å². The number of benzene rings is 2. The second kappa shape index (κ2) is 7.28. The maximum atomic E-state index is 13.1. The molecule has 1 heterocycles. The summed E-state index contributed by atoms with van der Waals surface area (Å²) in [7, 11) is -3.29. The lowest BCUT2D eigenvalue weighted by atomic mass is 10.1. The van der Waals surface area contributed by atoms with Crippen LogP contribution in [-0.2, 0) is 8.87 Å². The second-order valence-corrected chi connectivity index (χ2v) is 9.02. The zero-order chi connectivity index (χ0) is 17.9. The Balaban J connectivity index is 1.98. The van der Waals surface area contributed by atoms with Crippen molar-refractivity contribution in [1.82, 2.24) is 10.6 Å². The molecule has 3 rings (SSSR count). The molecule has 0 radical (unpaired) electrons. The molecule has 0 saturated carbocycles. The third kappa shape index (κ3) is 4.02. The van der Waals surface area contributed by atoms with E-state index in [1.807, 2.05) is 0 Å². The van der Waals surface area contributed by atoms with Gasteiger partial charge in [0.25, 0.3) is 0 Å². The summed E-state index contributed by atoms with van der Waals surface area (Å²) in [6.07, 6.45) is 0. The molecule has 0 aliphatic carbocycles. The average molecular weight is 378 g/mol. The van der Waals surface area contributed by atoms with Crippen molar-refractivity contribution in [3.05, 3.63) is 76.7 Å². The van der Waals surface area contributed by atoms with E-state index in [1.54, 1.807) is 18.2 Å². The van der Waals surface area contributed by atoms with Gasteiger partial charge in [-0.3, -0.25) is 4.79 Å². The van der Waals surface area contributed by atoms with Gasteiger partial charge in [-0.1, -0.05) is 18.2 Å². The van der Waals surface area contributed by atoms with Crippen molar-refractivity contribution >= 4 is 25.4 Å². The Labute approximate surface area is 148 Å². The van der Waals surface area contributed by atoms with Crippen LogP contribution in [0.5, 0.6) is 0 Å².